The Morgan fingerprint density at radius 1 is 1.00 bits per heavy atom. The van der Waals surface area contributed by atoms with Crippen molar-refractivity contribution in [2.75, 3.05) is 13.1 Å². The summed E-state index contributed by atoms with van der Waals surface area (Å²) in [6.07, 6.45) is 9.55. The van der Waals surface area contributed by atoms with Gasteiger partial charge in [-0.3, -0.25) is 24.6 Å². The first-order valence-corrected chi connectivity index (χ1v) is 12.3. The Bertz CT molecular complexity index is 895. The third kappa shape index (κ3) is 4.33. The number of carbonyl (C=O) groups is 3. The van der Waals surface area contributed by atoms with Gasteiger partial charge in [-0.15, -0.1) is 0 Å². The van der Waals surface area contributed by atoms with Gasteiger partial charge in [-0.05, 0) is 75.2 Å². The van der Waals surface area contributed by atoms with Crippen LogP contribution in [0.2, 0.25) is 0 Å². The Hall–Kier alpha value is -2.25. The molecule has 1 aromatic rings. The van der Waals surface area contributed by atoms with Crippen LogP contribution in [0.1, 0.15) is 79.3 Å². The summed E-state index contributed by atoms with van der Waals surface area (Å²) >= 11 is 0. The number of nitrogens with one attached hydrogen (secondary N) is 2. The van der Waals surface area contributed by atoms with Gasteiger partial charge in [0.15, 0.2) is 0 Å². The summed E-state index contributed by atoms with van der Waals surface area (Å²) in [7, 11) is 0. The van der Waals surface area contributed by atoms with Crippen molar-refractivity contribution in [1.29, 1.82) is 0 Å². The van der Waals surface area contributed by atoms with Crippen LogP contribution >= 0.6 is 0 Å². The van der Waals surface area contributed by atoms with Crippen molar-refractivity contribution >= 4 is 17.7 Å². The fourth-order valence-electron chi connectivity index (χ4n) is 6.01. The average Bonchev–Trinajstić information content (AvgIpc) is 3.42. The number of rotatable bonds is 6. The van der Waals surface area contributed by atoms with E-state index >= 15 is 0 Å². The van der Waals surface area contributed by atoms with Crippen molar-refractivity contribution in [3.05, 3.63) is 34.9 Å². The molecule has 2 unspecified atom stereocenters. The van der Waals surface area contributed by atoms with Gasteiger partial charge in [0.1, 0.15) is 6.04 Å². The van der Waals surface area contributed by atoms with Crippen LogP contribution in [0.5, 0.6) is 0 Å². The molecule has 7 heteroatoms. The second kappa shape index (κ2) is 9.32. The Morgan fingerprint density at radius 2 is 1.91 bits per heavy atom. The maximum Gasteiger partial charge on any atom is 0.255 e. The zero-order valence-electron chi connectivity index (χ0n) is 18.8. The summed E-state index contributed by atoms with van der Waals surface area (Å²) < 4.78 is 0. The predicted octanol–water partition coefficient (Wildman–Crippen LogP) is 2.33. The highest BCUT2D eigenvalue weighted by Gasteiger charge is 2.40. The second-order valence-electron chi connectivity index (χ2n) is 9.83. The number of amides is 3. The zero-order valence-corrected chi connectivity index (χ0v) is 18.8. The average molecular weight is 439 g/mol. The van der Waals surface area contributed by atoms with E-state index in [0.29, 0.717) is 25.0 Å². The molecule has 4 aliphatic heterocycles. The molecule has 0 aliphatic carbocycles. The number of hydrogen-bond acceptors (Lipinski definition) is 5. The van der Waals surface area contributed by atoms with Crippen molar-refractivity contribution in [1.82, 2.24) is 20.4 Å². The van der Waals surface area contributed by atoms with Crippen LogP contribution < -0.4 is 10.6 Å². The van der Waals surface area contributed by atoms with Gasteiger partial charge in [0, 0.05) is 37.2 Å². The lowest BCUT2D eigenvalue weighted by atomic mass is 9.94. The van der Waals surface area contributed by atoms with Crippen molar-refractivity contribution in [3.8, 4) is 0 Å². The van der Waals surface area contributed by atoms with E-state index < -0.39 is 6.04 Å². The van der Waals surface area contributed by atoms with E-state index in [1.54, 1.807) is 4.90 Å². The smallest absolute Gasteiger partial charge is 0.255 e. The van der Waals surface area contributed by atoms with Gasteiger partial charge in [0.05, 0.1) is 0 Å². The maximum atomic E-state index is 13.1. The van der Waals surface area contributed by atoms with Crippen molar-refractivity contribution in [2.45, 2.75) is 89.0 Å². The summed E-state index contributed by atoms with van der Waals surface area (Å²) in [5, 5.41) is 6.02. The van der Waals surface area contributed by atoms with Gasteiger partial charge < -0.3 is 10.2 Å². The first-order chi connectivity index (χ1) is 15.6. The summed E-state index contributed by atoms with van der Waals surface area (Å²) in [4.78, 5) is 41.3. The molecule has 0 radical (unpaired) electrons. The Labute approximate surface area is 189 Å². The van der Waals surface area contributed by atoms with E-state index in [1.165, 1.54) is 50.5 Å². The number of nitrogens with zero attached hydrogens (tertiary/aromatic N) is 2. The predicted molar refractivity (Wildman–Crippen MR) is 121 cm³/mol. The molecule has 4 aliphatic rings. The molecule has 0 spiro atoms. The van der Waals surface area contributed by atoms with E-state index in [4.69, 9.17) is 0 Å². The first kappa shape index (κ1) is 21.6. The molecule has 7 nitrogen and oxygen atoms in total. The summed E-state index contributed by atoms with van der Waals surface area (Å²) in [5.74, 6) is -0.681. The lowest BCUT2D eigenvalue weighted by Crippen LogP contribution is -2.52. The Balaban J connectivity index is 1.29. The minimum atomic E-state index is -0.554. The lowest BCUT2D eigenvalue weighted by molar-refractivity contribution is -0.136. The minimum absolute atomic E-state index is 0.0844. The first-order valence-electron chi connectivity index (χ1n) is 12.3. The molecular weight excluding hydrogens is 404 g/mol. The van der Waals surface area contributed by atoms with Crippen molar-refractivity contribution in [2.24, 2.45) is 0 Å². The topological polar surface area (TPSA) is 81.8 Å². The maximum absolute atomic E-state index is 13.1. The van der Waals surface area contributed by atoms with Crippen LogP contribution in [0.15, 0.2) is 18.2 Å². The van der Waals surface area contributed by atoms with E-state index in [-0.39, 0.29) is 24.1 Å². The fourth-order valence-corrected chi connectivity index (χ4v) is 6.01. The highest BCUT2D eigenvalue weighted by molar-refractivity contribution is 6.05. The lowest BCUT2D eigenvalue weighted by Gasteiger charge is -2.37. The van der Waals surface area contributed by atoms with E-state index in [0.717, 1.165) is 30.8 Å². The fraction of sp³-hybridized carbons (Fsp3) is 0.640. The van der Waals surface area contributed by atoms with Gasteiger partial charge in [0.2, 0.25) is 11.8 Å². The molecule has 5 rings (SSSR count). The van der Waals surface area contributed by atoms with Gasteiger partial charge in [-0.2, -0.15) is 0 Å². The zero-order chi connectivity index (χ0) is 22.1. The van der Waals surface area contributed by atoms with E-state index in [9.17, 15) is 14.4 Å². The van der Waals surface area contributed by atoms with Gasteiger partial charge in [-0.1, -0.05) is 18.6 Å². The van der Waals surface area contributed by atoms with Crippen molar-refractivity contribution < 1.29 is 14.4 Å². The quantitative estimate of drug-likeness (QED) is 0.667. The SMILES string of the molecule is O=C1CCC(N2Cc3c(CN4CCCCC4CC[C@H]4CCCN4)cccc3C2=O)C(=O)N1. The van der Waals surface area contributed by atoms with Gasteiger partial charge >= 0.3 is 0 Å². The van der Waals surface area contributed by atoms with Crippen LogP contribution in [-0.2, 0) is 22.7 Å². The van der Waals surface area contributed by atoms with E-state index in [1.807, 2.05) is 12.1 Å². The molecule has 32 heavy (non-hydrogen) atoms. The third-order valence-electron chi connectivity index (χ3n) is 7.81. The Kier molecular flexibility index (Phi) is 6.28. The normalized spacial score (nSPS) is 28.8. The number of benzene rings is 1. The minimum Gasteiger partial charge on any atom is -0.322 e. The number of likely N-dealkylation sites (tertiary alicyclic amines) is 1. The number of piperidine rings is 2. The number of carbonyl (C=O) groups excluding carboxylic acids is 3. The molecule has 1 aromatic carbocycles. The highest BCUT2D eigenvalue weighted by Crippen LogP contribution is 2.32. The van der Waals surface area contributed by atoms with Crippen LogP contribution in [-0.4, -0.2) is 58.7 Å². The van der Waals surface area contributed by atoms with Gasteiger partial charge in [0.25, 0.3) is 5.91 Å². The number of hydrogen-bond donors (Lipinski definition) is 2. The molecule has 0 saturated carbocycles. The molecule has 3 saturated heterocycles. The third-order valence-corrected chi connectivity index (χ3v) is 7.81. The molecule has 0 bridgehead atoms. The molecule has 2 N–H and O–H groups in total. The molecule has 0 aromatic heterocycles. The number of imide groups is 1. The van der Waals surface area contributed by atoms with Crippen LogP contribution in [0.4, 0.5) is 0 Å². The van der Waals surface area contributed by atoms with Crippen molar-refractivity contribution in [3.63, 3.8) is 0 Å². The highest BCUT2D eigenvalue weighted by atomic mass is 16.2. The Morgan fingerprint density at radius 3 is 2.72 bits per heavy atom. The van der Waals surface area contributed by atoms with Crippen LogP contribution in [0.25, 0.3) is 0 Å². The monoisotopic (exact) mass is 438 g/mol. The largest absolute Gasteiger partial charge is 0.322 e. The summed E-state index contributed by atoms with van der Waals surface area (Å²) in [6, 6.07) is 6.73. The molecule has 4 heterocycles. The van der Waals surface area contributed by atoms with Crippen LogP contribution in [0, 0.1) is 0 Å². The number of fused-ring (bicyclic) bond motifs is 1. The molecule has 3 atom stereocenters. The summed E-state index contributed by atoms with van der Waals surface area (Å²) in [6.45, 7) is 3.59. The molecule has 3 amide bonds. The second-order valence-corrected chi connectivity index (χ2v) is 9.83. The summed E-state index contributed by atoms with van der Waals surface area (Å²) in [5.41, 5.74) is 2.98. The molecular formula is C25H34N4O3. The van der Waals surface area contributed by atoms with Crippen LogP contribution in [0.3, 0.4) is 0 Å². The van der Waals surface area contributed by atoms with E-state index in [2.05, 4.69) is 21.6 Å². The van der Waals surface area contributed by atoms with Gasteiger partial charge in [-0.25, -0.2) is 0 Å². The molecule has 3 fully saturated rings. The molecule has 172 valence electrons. The standard InChI is InChI=1S/C25H34N4O3/c30-23-12-11-22(24(31)27-23)29-16-21-17(5-3-8-20(21)25(29)32)15-28-14-2-1-7-19(28)10-9-18-6-4-13-26-18/h3,5,8,18-19,22,26H,1-2,4,6-7,9-16H2,(H,27,30,31)/t18-,19?,22?/m1/s1.